The maximum atomic E-state index is 12.2. The zero-order valence-electron chi connectivity index (χ0n) is 15.4. The Morgan fingerprint density at radius 1 is 1.25 bits per heavy atom. The zero-order chi connectivity index (χ0) is 19.9. The molecule has 0 aliphatic rings. The van der Waals surface area contributed by atoms with Gasteiger partial charge in [-0.05, 0) is 42.8 Å². The van der Waals surface area contributed by atoms with Gasteiger partial charge in [0.05, 0.1) is 28.5 Å². The molecule has 28 heavy (non-hydrogen) atoms. The fourth-order valence-electron chi connectivity index (χ4n) is 2.41. The summed E-state index contributed by atoms with van der Waals surface area (Å²) in [4.78, 5) is 16.5. The number of hydrogen-bond acceptors (Lipinski definition) is 5. The number of hydrogen-bond donors (Lipinski definition) is 1. The van der Waals surface area contributed by atoms with Gasteiger partial charge in [-0.25, -0.2) is 4.98 Å². The summed E-state index contributed by atoms with van der Waals surface area (Å²) < 4.78 is 10.9. The molecule has 0 atom stereocenters. The number of halogens is 1. The molecule has 0 saturated carbocycles. The Bertz CT molecular complexity index is 1000. The highest BCUT2D eigenvalue weighted by molar-refractivity contribution is 7.09. The maximum Gasteiger partial charge on any atom is 0.248 e. The SMILES string of the molecule is COc1ccc(NC(=O)C=Cc2cccc(OCc3csc(C)n3)c2)c(Cl)c1. The summed E-state index contributed by atoms with van der Waals surface area (Å²) in [6.07, 6.45) is 3.16. The molecule has 3 aromatic rings. The van der Waals surface area contributed by atoms with Crippen LogP contribution in [0.4, 0.5) is 5.69 Å². The first-order valence-electron chi connectivity index (χ1n) is 8.50. The lowest BCUT2D eigenvalue weighted by molar-refractivity contribution is -0.111. The number of nitrogens with zero attached hydrogens (tertiary/aromatic N) is 1. The number of aromatic nitrogens is 1. The van der Waals surface area contributed by atoms with Crippen LogP contribution in [0, 0.1) is 6.92 Å². The van der Waals surface area contributed by atoms with Crippen molar-refractivity contribution in [2.24, 2.45) is 0 Å². The van der Waals surface area contributed by atoms with Gasteiger partial charge in [-0.3, -0.25) is 4.79 Å². The second-order valence-corrected chi connectivity index (χ2v) is 7.36. The van der Waals surface area contributed by atoms with E-state index in [-0.39, 0.29) is 5.91 Å². The molecule has 0 spiro atoms. The van der Waals surface area contributed by atoms with E-state index in [0.29, 0.717) is 28.8 Å². The van der Waals surface area contributed by atoms with Gasteiger partial charge >= 0.3 is 0 Å². The van der Waals surface area contributed by atoms with Crippen LogP contribution in [0.15, 0.2) is 53.9 Å². The summed E-state index contributed by atoms with van der Waals surface area (Å²) in [7, 11) is 1.56. The molecule has 5 nitrogen and oxygen atoms in total. The predicted molar refractivity (Wildman–Crippen MR) is 113 cm³/mol. The molecule has 0 unspecified atom stereocenters. The third-order valence-corrected chi connectivity index (χ3v) is 4.91. The van der Waals surface area contributed by atoms with Crippen LogP contribution >= 0.6 is 22.9 Å². The number of carbonyl (C=O) groups excluding carboxylic acids is 1. The van der Waals surface area contributed by atoms with Crippen molar-refractivity contribution in [3.05, 3.63) is 75.2 Å². The molecule has 7 heteroatoms. The van der Waals surface area contributed by atoms with Crippen molar-refractivity contribution in [1.82, 2.24) is 4.98 Å². The minimum absolute atomic E-state index is 0.281. The quantitative estimate of drug-likeness (QED) is 0.530. The lowest BCUT2D eigenvalue weighted by atomic mass is 10.2. The highest BCUT2D eigenvalue weighted by Crippen LogP contribution is 2.26. The smallest absolute Gasteiger partial charge is 0.248 e. The van der Waals surface area contributed by atoms with Gasteiger partial charge in [-0.15, -0.1) is 11.3 Å². The van der Waals surface area contributed by atoms with Crippen LogP contribution in [0.25, 0.3) is 6.08 Å². The molecule has 0 radical (unpaired) electrons. The highest BCUT2D eigenvalue weighted by atomic mass is 35.5. The molecular weight excluding hydrogens is 396 g/mol. The topological polar surface area (TPSA) is 60.5 Å². The lowest BCUT2D eigenvalue weighted by Crippen LogP contribution is -2.08. The predicted octanol–water partition coefficient (Wildman–Crippen LogP) is 5.34. The van der Waals surface area contributed by atoms with Gasteiger partial charge in [0.1, 0.15) is 18.1 Å². The van der Waals surface area contributed by atoms with Crippen LogP contribution in [0.5, 0.6) is 11.5 Å². The van der Waals surface area contributed by atoms with Crippen molar-refractivity contribution < 1.29 is 14.3 Å². The van der Waals surface area contributed by atoms with E-state index in [9.17, 15) is 4.79 Å². The van der Waals surface area contributed by atoms with Crippen LogP contribution in [-0.2, 0) is 11.4 Å². The normalized spacial score (nSPS) is 10.8. The second kappa shape index (κ2) is 9.39. The number of carbonyl (C=O) groups is 1. The van der Waals surface area contributed by atoms with E-state index in [1.54, 1.807) is 42.7 Å². The molecule has 0 saturated heterocycles. The first kappa shape index (κ1) is 19.9. The molecule has 1 N–H and O–H groups in total. The summed E-state index contributed by atoms with van der Waals surface area (Å²) in [6, 6.07) is 12.6. The van der Waals surface area contributed by atoms with Crippen molar-refractivity contribution in [1.29, 1.82) is 0 Å². The first-order valence-corrected chi connectivity index (χ1v) is 9.76. The standard InChI is InChI=1S/C21H19ClN2O3S/c1-14-23-16(13-28-14)12-27-18-5-3-4-15(10-18)6-9-21(25)24-20-8-7-17(26-2)11-19(20)22/h3-11,13H,12H2,1-2H3,(H,24,25). The molecule has 1 aromatic heterocycles. The number of thiazole rings is 1. The van der Waals surface area contributed by atoms with Crippen molar-refractivity contribution in [3.8, 4) is 11.5 Å². The van der Waals surface area contributed by atoms with E-state index in [0.717, 1.165) is 16.3 Å². The summed E-state index contributed by atoms with van der Waals surface area (Å²) in [5.41, 5.74) is 2.27. The average Bonchev–Trinajstić information content (AvgIpc) is 3.12. The first-order chi connectivity index (χ1) is 13.5. The molecule has 0 fully saturated rings. The van der Waals surface area contributed by atoms with Crippen molar-refractivity contribution in [2.45, 2.75) is 13.5 Å². The van der Waals surface area contributed by atoms with Crippen LogP contribution in [0.3, 0.4) is 0 Å². The molecule has 2 aromatic carbocycles. The highest BCUT2D eigenvalue weighted by Gasteiger charge is 2.05. The number of nitrogens with one attached hydrogen (secondary N) is 1. The summed E-state index contributed by atoms with van der Waals surface area (Å²) in [5.74, 6) is 1.06. The number of methoxy groups -OCH3 is 1. The Kier molecular flexibility index (Phi) is 6.68. The fourth-order valence-corrected chi connectivity index (χ4v) is 3.23. The van der Waals surface area contributed by atoms with Gasteiger partial charge in [-0.2, -0.15) is 0 Å². The van der Waals surface area contributed by atoms with E-state index in [1.807, 2.05) is 36.6 Å². The van der Waals surface area contributed by atoms with Gasteiger partial charge in [0, 0.05) is 17.5 Å². The largest absolute Gasteiger partial charge is 0.497 e. The Morgan fingerprint density at radius 3 is 2.82 bits per heavy atom. The third-order valence-electron chi connectivity index (χ3n) is 3.77. The number of amides is 1. The number of anilines is 1. The van der Waals surface area contributed by atoms with Gasteiger partial charge in [0.2, 0.25) is 5.91 Å². The summed E-state index contributed by atoms with van der Waals surface area (Å²) in [5, 5.41) is 6.15. The lowest BCUT2D eigenvalue weighted by Gasteiger charge is -2.07. The fraction of sp³-hybridized carbons (Fsp3) is 0.143. The van der Waals surface area contributed by atoms with Crippen LogP contribution in [0.2, 0.25) is 5.02 Å². The molecule has 144 valence electrons. The number of aryl methyl sites for hydroxylation is 1. The summed E-state index contributed by atoms with van der Waals surface area (Å²) >= 11 is 7.73. The molecule has 0 bridgehead atoms. The monoisotopic (exact) mass is 414 g/mol. The average molecular weight is 415 g/mol. The molecule has 1 amide bonds. The second-order valence-electron chi connectivity index (χ2n) is 5.89. The Morgan fingerprint density at radius 2 is 2.11 bits per heavy atom. The molecule has 0 aliphatic heterocycles. The minimum atomic E-state index is -0.281. The van der Waals surface area contributed by atoms with E-state index >= 15 is 0 Å². The van der Waals surface area contributed by atoms with Crippen LogP contribution in [0.1, 0.15) is 16.3 Å². The Balaban J connectivity index is 1.59. The van der Waals surface area contributed by atoms with Gasteiger partial charge in [0.15, 0.2) is 0 Å². The van der Waals surface area contributed by atoms with E-state index in [1.165, 1.54) is 6.08 Å². The summed E-state index contributed by atoms with van der Waals surface area (Å²) in [6.45, 7) is 2.37. The van der Waals surface area contributed by atoms with Crippen molar-refractivity contribution in [2.75, 3.05) is 12.4 Å². The molecule has 3 rings (SSSR count). The van der Waals surface area contributed by atoms with Crippen molar-refractivity contribution >= 4 is 40.6 Å². The minimum Gasteiger partial charge on any atom is -0.497 e. The Labute approximate surface area is 172 Å². The Hall–Kier alpha value is -2.83. The van der Waals surface area contributed by atoms with Crippen LogP contribution in [-0.4, -0.2) is 18.0 Å². The maximum absolute atomic E-state index is 12.2. The molecular formula is C21H19ClN2O3S. The molecule has 1 heterocycles. The van der Waals surface area contributed by atoms with E-state index in [4.69, 9.17) is 21.1 Å². The third kappa shape index (κ3) is 5.58. The van der Waals surface area contributed by atoms with Gasteiger partial charge in [-0.1, -0.05) is 23.7 Å². The van der Waals surface area contributed by atoms with E-state index < -0.39 is 0 Å². The van der Waals surface area contributed by atoms with E-state index in [2.05, 4.69) is 10.3 Å². The number of benzene rings is 2. The molecule has 0 aliphatic carbocycles. The van der Waals surface area contributed by atoms with Crippen LogP contribution < -0.4 is 14.8 Å². The van der Waals surface area contributed by atoms with Crippen molar-refractivity contribution in [3.63, 3.8) is 0 Å². The zero-order valence-corrected chi connectivity index (χ0v) is 17.0. The van der Waals surface area contributed by atoms with Gasteiger partial charge < -0.3 is 14.8 Å². The number of ether oxygens (including phenoxy) is 2. The number of rotatable bonds is 7. The van der Waals surface area contributed by atoms with Gasteiger partial charge in [0.25, 0.3) is 0 Å².